The molecule has 0 aliphatic carbocycles. The van der Waals surface area contributed by atoms with E-state index in [2.05, 4.69) is 0 Å². The average Bonchev–Trinajstić information content (AvgIpc) is 3.15. The number of benzene rings is 3. The van der Waals surface area contributed by atoms with Crippen LogP contribution in [0.1, 0.15) is 36.4 Å². The maximum absolute atomic E-state index is 13.8. The van der Waals surface area contributed by atoms with Gasteiger partial charge in [0.25, 0.3) is 10.0 Å². The molecule has 1 aliphatic rings. The molecule has 0 N–H and O–H groups in total. The Bertz CT molecular complexity index is 1120. The first-order valence-corrected chi connectivity index (χ1v) is 12.1. The summed E-state index contributed by atoms with van der Waals surface area (Å²) >= 11 is 6.11. The van der Waals surface area contributed by atoms with Crippen molar-refractivity contribution in [2.45, 2.75) is 30.2 Å². The summed E-state index contributed by atoms with van der Waals surface area (Å²) in [7, 11) is -3.92. The van der Waals surface area contributed by atoms with Gasteiger partial charge in [-0.3, -0.25) is 0 Å². The second kappa shape index (κ2) is 9.09. The van der Waals surface area contributed by atoms with Crippen LogP contribution in [0.25, 0.3) is 0 Å². The second-order valence-electron chi connectivity index (χ2n) is 7.66. The van der Waals surface area contributed by atoms with Gasteiger partial charge in [-0.05, 0) is 53.9 Å². The van der Waals surface area contributed by atoms with E-state index in [9.17, 15) is 12.8 Å². The van der Waals surface area contributed by atoms with E-state index in [-0.39, 0.29) is 10.8 Å². The highest BCUT2D eigenvalue weighted by Crippen LogP contribution is 2.46. The minimum Gasteiger partial charge on any atom is -0.227 e. The maximum atomic E-state index is 13.8. The number of sulfonamides is 1. The summed E-state index contributed by atoms with van der Waals surface area (Å²) in [5, 5.41) is 2.49. The van der Waals surface area contributed by atoms with Crippen LogP contribution >= 0.6 is 11.6 Å². The second-order valence-corrected chi connectivity index (χ2v) is 9.89. The van der Waals surface area contributed by atoms with Crippen LogP contribution in [0.4, 0.5) is 4.39 Å². The predicted molar refractivity (Wildman–Crippen MR) is 121 cm³/mol. The number of hydrazine groups is 1. The molecule has 3 aromatic rings. The van der Waals surface area contributed by atoms with Crippen molar-refractivity contribution in [3.05, 3.63) is 101 Å². The van der Waals surface area contributed by atoms with E-state index in [4.69, 9.17) is 11.6 Å². The van der Waals surface area contributed by atoms with Crippen molar-refractivity contribution in [2.75, 3.05) is 13.1 Å². The molecule has 2 atom stereocenters. The maximum Gasteiger partial charge on any atom is 0.256 e. The molecule has 1 heterocycles. The van der Waals surface area contributed by atoms with Crippen molar-refractivity contribution in [3.8, 4) is 0 Å². The Hall–Kier alpha value is -2.25. The standard InChI is InChI=1S/C24H24ClFN2O2S/c1-2-16-27-17-23(18-6-4-3-5-7-18)24(19-8-10-20(25)11-9-19)28(27)31(29,30)22-14-12-21(26)13-15-22/h3-15,23-24H,2,16-17H2,1H3. The van der Waals surface area contributed by atoms with E-state index >= 15 is 0 Å². The fourth-order valence-corrected chi connectivity index (χ4v) is 6.05. The van der Waals surface area contributed by atoms with Gasteiger partial charge in [0.2, 0.25) is 0 Å². The van der Waals surface area contributed by atoms with Crippen LogP contribution in [-0.4, -0.2) is 30.9 Å². The summed E-state index contributed by atoms with van der Waals surface area (Å²) in [5.74, 6) is -0.536. The van der Waals surface area contributed by atoms with Gasteiger partial charge < -0.3 is 0 Å². The highest BCUT2D eigenvalue weighted by molar-refractivity contribution is 7.89. The van der Waals surface area contributed by atoms with Gasteiger partial charge in [-0.25, -0.2) is 17.8 Å². The third-order valence-corrected chi connectivity index (χ3v) is 7.65. The topological polar surface area (TPSA) is 40.6 Å². The van der Waals surface area contributed by atoms with Gasteiger partial charge >= 0.3 is 0 Å². The Morgan fingerprint density at radius 1 is 0.935 bits per heavy atom. The van der Waals surface area contributed by atoms with Crippen LogP contribution in [0, 0.1) is 5.82 Å². The molecule has 0 aromatic heterocycles. The minimum absolute atomic E-state index is 0.0656. The van der Waals surface area contributed by atoms with Gasteiger partial charge in [-0.15, -0.1) is 4.41 Å². The fraction of sp³-hybridized carbons (Fsp3) is 0.250. The molecular weight excluding hydrogens is 435 g/mol. The number of hydrogen-bond acceptors (Lipinski definition) is 3. The first-order chi connectivity index (χ1) is 14.9. The van der Waals surface area contributed by atoms with E-state index in [1.807, 2.05) is 54.4 Å². The lowest BCUT2D eigenvalue weighted by Crippen LogP contribution is -2.42. The van der Waals surface area contributed by atoms with Crippen LogP contribution in [-0.2, 0) is 10.0 Å². The zero-order valence-electron chi connectivity index (χ0n) is 17.2. The number of rotatable bonds is 6. The number of nitrogens with zero attached hydrogens (tertiary/aromatic N) is 2. The molecule has 0 amide bonds. The molecule has 1 saturated heterocycles. The van der Waals surface area contributed by atoms with E-state index < -0.39 is 21.9 Å². The Labute approximate surface area is 187 Å². The summed E-state index contributed by atoms with van der Waals surface area (Å²) in [6.45, 7) is 3.18. The highest BCUT2D eigenvalue weighted by atomic mass is 35.5. The molecule has 4 nitrogen and oxygen atoms in total. The zero-order chi connectivity index (χ0) is 22.0. The van der Waals surface area contributed by atoms with Gasteiger partial charge in [-0.1, -0.05) is 61.0 Å². The van der Waals surface area contributed by atoms with Crippen molar-refractivity contribution in [1.29, 1.82) is 0 Å². The first-order valence-electron chi connectivity index (χ1n) is 10.3. The lowest BCUT2D eigenvalue weighted by atomic mass is 9.89. The predicted octanol–water partition coefficient (Wildman–Crippen LogP) is 5.64. The largest absolute Gasteiger partial charge is 0.256 e. The van der Waals surface area contributed by atoms with E-state index in [0.29, 0.717) is 18.1 Å². The van der Waals surface area contributed by atoms with E-state index in [0.717, 1.165) is 17.5 Å². The van der Waals surface area contributed by atoms with Gasteiger partial charge in [0, 0.05) is 24.0 Å². The lowest BCUT2D eigenvalue weighted by molar-refractivity contribution is 0.0906. The van der Waals surface area contributed by atoms with Gasteiger partial charge in [0.15, 0.2) is 0 Å². The van der Waals surface area contributed by atoms with E-state index in [1.54, 1.807) is 12.1 Å². The van der Waals surface area contributed by atoms with Crippen molar-refractivity contribution >= 4 is 21.6 Å². The highest BCUT2D eigenvalue weighted by Gasteiger charge is 2.47. The molecular formula is C24H24ClFN2O2S. The van der Waals surface area contributed by atoms with Crippen LogP contribution in [0.3, 0.4) is 0 Å². The van der Waals surface area contributed by atoms with Gasteiger partial charge in [0.1, 0.15) is 5.82 Å². The summed E-state index contributed by atoms with van der Waals surface area (Å²) in [5.41, 5.74) is 1.93. The normalized spacial score (nSPS) is 20.2. The number of halogens is 2. The quantitative estimate of drug-likeness (QED) is 0.480. The van der Waals surface area contributed by atoms with E-state index in [1.165, 1.54) is 28.7 Å². The molecule has 31 heavy (non-hydrogen) atoms. The average molecular weight is 459 g/mol. The third kappa shape index (κ3) is 4.39. The van der Waals surface area contributed by atoms with Crippen LogP contribution in [0.15, 0.2) is 83.8 Å². The summed E-state index contributed by atoms with van der Waals surface area (Å²) in [4.78, 5) is 0.0719. The molecule has 0 radical (unpaired) electrons. The zero-order valence-corrected chi connectivity index (χ0v) is 18.7. The molecule has 3 aromatic carbocycles. The summed E-state index contributed by atoms with van der Waals surface area (Å²) in [6.07, 6.45) is 0.796. The molecule has 0 saturated carbocycles. The van der Waals surface area contributed by atoms with Crippen molar-refractivity contribution in [2.24, 2.45) is 0 Å². The monoisotopic (exact) mass is 458 g/mol. The van der Waals surface area contributed by atoms with Crippen LogP contribution in [0.5, 0.6) is 0 Å². The molecule has 2 unspecified atom stereocenters. The summed E-state index contributed by atoms with van der Waals surface area (Å²) < 4.78 is 42.6. The summed E-state index contributed by atoms with van der Waals surface area (Å²) in [6, 6.07) is 21.8. The van der Waals surface area contributed by atoms with Crippen LogP contribution in [0.2, 0.25) is 5.02 Å². The first kappa shape index (κ1) is 22.0. The van der Waals surface area contributed by atoms with Crippen molar-refractivity contribution < 1.29 is 12.8 Å². The molecule has 7 heteroatoms. The number of hydrogen-bond donors (Lipinski definition) is 0. The smallest absolute Gasteiger partial charge is 0.227 e. The molecule has 1 fully saturated rings. The molecule has 4 rings (SSSR count). The van der Waals surface area contributed by atoms with Crippen molar-refractivity contribution in [3.63, 3.8) is 0 Å². The Morgan fingerprint density at radius 3 is 2.19 bits per heavy atom. The molecule has 1 aliphatic heterocycles. The third-order valence-electron chi connectivity index (χ3n) is 5.58. The Morgan fingerprint density at radius 2 is 1.58 bits per heavy atom. The Kier molecular flexibility index (Phi) is 6.44. The van der Waals surface area contributed by atoms with Gasteiger partial charge in [0.05, 0.1) is 10.9 Å². The fourth-order valence-electron chi connectivity index (χ4n) is 4.21. The molecule has 162 valence electrons. The lowest BCUT2D eigenvalue weighted by Gasteiger charge is -2.32. The van der Waals surface area contributed by atoms with Gasteiger partial charge in [-0.2, -0.15) is 0 Å². The Balaban J connectivity index is 1.87. The van der Waals surface area contributed by atoms with Crippen LogP contribution < -0.4 is 0 Å². The van der Waals surface area contributed by atoms with Crippen molar-refractivity contribution in [1.82, 2.24) is 9.42 Å². The molecule has 0 spiro atoms. The molecule has 0 bridgehead atoms. The minimum atomic E-state index is -3.92. The SMILES string of the molecule is CCCN1CC(c2ccccc2)C(c2ccc(Cl)cc2)N1S(=O)(=O)c1ccc(F)cc1.